The number of hydrogen-bond donors (Lipinski definition) is 1. The number of benzene rings is 1. The maximum Gasteiger partial charge on any atom is 0.238 e. The van der Waals surface area contributed by atoms with Crippen LogP contribution in [-0.4, -0.2) is 38.4 Å². The van der Waals surface area contributed by atoms with Gasteiger partial charge in [0.2, 0.25) is 5.88 Å². The maximum atomic E-state index is 10.1. The SMILES string of the molecule is CC(C)N(CCC(C)n1cc(-c2ccccc2)c(O)n1)C(C)C. The van der Waals surface area contributed by atoms with Crippen molar-refractivity contribution < 1.29 is 5.11 Å². The average molecular weight is 315 g/mol. The van der Waals surface area contributed by atoms with E-state index in [1.54, 1.807) is 0 Å². The molecular weight excluding hydrogens is 286 g/mol. The van der Waals surface area contributed by atoms with Gasteiger partial charge in [0, 0.05) is 24.8 Å². The summed E-state index contributed by atoms with van der Waals surface area (Å²) in [6.45, 7) is 12.1. The number of nitrogens with zero attached hydrogens (tertiary/aromatic N) is 3. The minimum absolute atomic E-state index is 0.104. The van der Waals surface area contributed by atoms with Gasteiger partial charge >= 0.3 is 0 Å². The van der Waals surface area contributed by atoms with Crippen LogP contribution in [0.1, 0.15) is 47.1 Å². The van der Waals surface area contributed by atoms with Crippen molar-refractivity contribution in [1.29, 1.82) is 0 Å². The van der Waals surface area contributed by atoms with E-state index in [2.05, 4.69) is 44.6 Å². The summed E-state index contributed by atoms with van der Waals surface area (Å²) in [5.41, 5.74) is 1.79. The van der Waals surface area contributed by atoms with E-state index >= 15 is 0 Å². The standard InChI is InChI=1S/C19H29N3O/c1-14(2)21(15(3)4)12-11-16(5)22-13-18(19(23)20-22)17-9-7-6-8-10-17/h6-10,13-16H,11-12H2,1-5H3,(H,20,23). The van der Waals surface area contributed by atoms with Gasteiger partial charge in [0.15, 0.2) is 0 Å². The van der Waals surface area contributed by atoms with Crippen molar-refractivity contribution in [2.24, 2.45) is 0 Å². The van der Waals surface area contributed by atoms with Gasteiger partial charge in [-0.2, -0.15) is 0 Å². The summed E-state index contributed by atoms with van der Waals surface area (Å²) in [7, 11) is 0. The summed E-state index contributed by atoms with van der Waals surface area (Å²) in [6, 6.07) is 11.2. The highest BCUT2D eigenvalue weighted by Crippen LogP contribution is 2.29. The smallest absolute Gasteiger partial charge is 0.238 e. The maximum absolute atomic E-state index is 10.1. The van der Waals surface area contributed by atoms with Gasteiger partial charge in [-0.15, -0.1) is 5.10 Å². The second kappa shape index (κ2) is 7.64. The van der Waals surface area contributed by atoms with Gasteiger partial charge in [-0.3, -0.25) is 9.58 Å². The molecule has 0 spiro atoms. The van der Waals surface area contributed by atoms with Crippen molar-refractivity contribution in [3.63, 3.8) is 0 Å². The second-order valence-corrected chi connectivity index (χ2v) is 6.78. The Kier molecular flexibility index (Phi) is 5.83. The normalized spacial score (nSPS) is 13.2. The van der Waals surface area contributed by atoms with Crippen LogP contribution in [0.15, 0.2) is 36.5 Å². The van der Waals surface area contributed by atoms with Gasteiger partial charge in [0.25, 0.3) is 0 Å². The van der Waals surface area contributed by atoms with Crippen molar-refractivity contribution >= 4 is 0 Å². The lowest BCUT2D eigenvalue weighted by Gasteiger charge is -2.31. The van der Waals surface area contributed by atoms with Gasteiger partial charge in [-0.25, -0.2) is 0 Å². The van der Waals surface area contributed by atoms with Crippen molar-refractivity contribution in [1.82, 2.24) is 14.7 Å². The molecule has 1 heterocycles. The molecule has 2 aromatic rings. The Balaban J connectivity index is 2.07. The van der Waals surface area contributed by atoms with Gasteiger partial charge in [-0.1, -0.05) is 30.3 Å². The molecule has 23 heavy (non-hydrogen) atoms. The summed E-state index contributed by atoms with van der Waals surface area (Å²) in [4.78, 5) is 2.48. The van der Waals surface area contributed by atoms with E-state index in [1.165, 1.54) is 0 Å². The zero-order valence-corrected chi connectivity index (χ0v) is 14.9. The van der Waals surface area contributed by atoms with E-state index < -0.39 is 0 Å². The topological polar surface area (TPSA) is 41.3 Å². The van der Waals surface area contributed by atoms with Crippen LogP contribution < -0.4 is 0 Å². The molecule has 0 saturated heterocycles. The molecule has 1 unspecified atom stereocenters. The van der Waals surface area contributed by atoms with E-state index in [1.807, 2.05) is 41.2 Å². The Morgan fingerprint density at radius 2 is 1.65 bits per heavy atom. The summed E-state index contributed by atoms with van der Waals surface area (Å²) in [5.74, 6) is 0.104. The quantitative estimate of drug-likeness (QED) is 0.827. The first-order valence-corrected chi connectivity index (χ1v) is 8.49. The molecule has 1 aromatic heterocycles. The first-order chi connectivity index (χ1) is 10.9. The summed E-state index contributed by atoms with van der Waals surface area (Å²) in [6.07, 6.45) is 2.95. The third kappa shape index (κ3) is 4.35. The fourth-order valence-electron chi connectivity index (χ4n) is 3.01. The largest absolute Gasteiger partial charge is 0.492 e. The molecule has 0 fully saturated rings. The lowest BCUT2D eigenvalue weighted by Crippen LogP contribution is -2.38. The van der Waals surface area contributed by atoms with Gasteiger partial charge in [-0.05, 0) is 46.6 Å². The molecule has 4 heteroatoms. The average Bonchev–Trinajstić information content (AvgIpc) is 2.89. The Morgan fingerprint density at radius 1 is 1.04 bits per heavy atom. The lowest BCUT2D eigenvalue weighted by molar-refractivity contribution is 0.163. The zero-order valence-electron chi connectivity index (χ0n) is 14.9. The Hall–Kier alpha value is -1.81. The molecule has 1 N–H and O–H groups in total. The molecule has 2 rings (SSSR count). The first-order valence-electron chi connectivity index (χ1n) is 8.49. The van der Waals surface area contributed by atoms with Crippen LogP contribution in [0.5, 0.6) is 5.88 Å². The number of aromatic hydroxyl groups is 1. The van der Waals surface area contributed by atoms with Gasteiger partial charge in [0.1, 0.15) is 0 Å². The fraction of sp³-hybridized carbons (Fsp3) is 0.526. The highest BCUT2D eigenvalue weighted by Gasteiger charge is 2.17. The highest BCUT2D eigenvalue weighted by molar-refractivity contribution is 5.67. The third-order valence-corrected chi connectivity index (χ3v) is 4.38. The van der Waals surface area contributed by atoms with Crippen LogP contribution in [0.3, 0.4) is 0 Å². The second-order valence-electron chi connectivity index (χ2n) is 6.78. The lowest BCUT2D eigenvalue weighted by atomic mass is 10.1. The van der Waals surface area contributed by atoms with E-state index in [4.69, 9.17) is 0 Å². The van der Waals surface area contributed by atoms with Gasteiger partial charge in [0.05, 0.1) is 11.6 Å². The molecule has 126 valence electrons. The van der Waals surface area contributed by atoms with Crippen LogP contribution in [-0.2, 0) is 0 Å². The zero-order chi connectivity index (χ0) is 17.0. The predicted octanol–water partition coefficient (Wildman–Crippen LogP) is 4.33. The van der Waals surface area contributed by atoms with Crippen molar-refractivity contribution in [3.05, 3.63) is 36.5 Å². The van der Waals surface area contributed by atoms with Crippen LogP contribution in [0.25, 0.3) is 11.1 Å². The van der Waals surface area contributed by atoms with Crippen LogP contribution >= 0.6 is 0 Å². The minimum atomic E-state index is 0.104. The molecule has 0 aliphatic heterocycles. The monoisotopic (exact) mass is 315 g/mol. The van der Waals surface area contributed by atoms with Crippen LogP contribution in [0, 0.1) is 0 Å². The molecule has 1 atom stereocenters. The molecule has 4 nitrogen and oxygen atoms in total. The molecular formula is C19H29N3O. The molecule has 0 amide bonds. The molecule has 0 bridgehead atoms. The summed E-state index contributed by atoms with van der Waals surface area (Å²) in [5, 5.41) is 14.5. The van der Waals surface area contributed by atoms with E-state index in [0.29, 0.717) is 12.1 Å². The number of aromatic nitrogens is 2. The fourth-order valence-corrected chi connectivity index (χ4v) is 3.01. The van der Waals surface area contributed by atoms with Crippen LogP contribution in [0.4, 0.5) is 0 Å². The van der Waals surface area contributed by atoms with Crippen molar-refractivity contribution in [3.8, 4) is 17.0 Å². The molecule has 0 aliphatic carbocycles. The minimum Gasteiger partial charge on any atom is -0.492 e. The number of rotatable bonds is 7. The van der Waals surface area contributed by atoms with Gasteiger partial charge < -0.3 is 5.11 Å². The molecule has 0 saturated carbocycles. The van der Waals surface area contributed by atoms with Crippen LogP contribution in [0.2, 0.25) is 0 Å². The summed E-state index contributed by atoms with van der Waals surface area (Å²) >= 11 is 0. The van der Waals surface area contributed by atoms with E-state index in [0.717, 1.165) is 24.1 Å². The highest BCUT2D eigenvalue weighted by atomic mass is 16.3. The molecule has 0 aliphatic rings. The first kappa shape index (κ1) is 17.5. The van der Waals surface area contributed by atoms with Crippen molar-refractivity contribution in [2.75, 3.05) is 6.54 Å². The number of hydrogen-bond acceptors (Lipinski definition) is 3. The van der Waals surface area contributed by atoms with E-state index in [-0.39, 0.29) is 11.9 Å². The summed E-state index contributed by atoms with van der Waals surface area (Å²) < 4.78 is 1.89. The molecule has 0 radical (unpaired) electrons. The molecule has 1 aromatic carbocycles. The predicted molar refractivity (Wildman–Crippen MR) is 95.6 cm³/mol. The Labute approximate surface area is 139 Å². The third-order valence-electron chi connectivity index (χ3n) is 4.38. The van der Waals surface area contributed by atoms with E-state index in [9.17, 15) is 5.11 Å². The Bertz CT molecular complexity index is 596. The van der Waals surface area contributed by atoms with Crippen molar-refractivity contribution in [2.45, 2.75) is 59.2 Å². The Morgan fingerprint density at radius 3 is 2.22 bits per heavy atom.